The van der Waals surface area contributed by atoms with E-state index >= 15 is 0 Å². The van der Waals surface area contributed by atoms with Crippen molar-refractivity contribution in [3.05, 3.63) is 35.9 Å². The molecule has 1 N–H and O–H groups in total. The highest BCUT2D eigenvalue weighted by Crippen LogP contribution is 2.37. The molecule has 0 unspecified atom stereocenters. The number of ether oxygens (including phenoxy) is 1. The lowest BCUT2D eigenvalue weighted by atomic mass is 9.94. The Morgan fingerprint density at radius 3 is 2.09 bits per heavy atom. The lowest BCUT2D eigenvalue weighted by molar-refractivity contribution is 0.0424. The summed E-state index contributed by atoms with van der Waals surface area (Å²) in [5.41, 5.74) is 0.273. The molecule has 0 radical (unpaired) electrons. The van der Waals surface area contributed by atoms with Crippen LogP contribution in [-0.4, -0.2) is 53.4 Å². The van der Waals surface area contributed by atoms with Gasteiger partial charge in [0, 0.05) is 6.61 Å². The summed E-state index contributed by atoms with van der Waals surface area (Å²) >= 11 is 0. The van der Waals surface area contributed by atoms with Crippen molar-refractivity contribution < 1.29 is 26.6 Å². The average Bonchev–Trinajstić information content (AvgIpc) is 2.63. The molecule has 0 aromatic heterocycles. The molecule has 0 aliphatic rings. The first kappa shape index (κ1) is 30.6. The zero-order chi connectivity index (χ0) is 26.4. The second kappa shape index (κ2) is 12.0. The third kappa shape index (κ3) is 11.8. The summed E-state index contributed by atoms with van der Waals surface area (Å²) < 4.78 is 41.6. The molecule has 9 heteroatoms. The van der Waals surface area contributed by atoms with Gasteiger partial charge in [-0.15, -0.1) is 0 Å². The van der Waals surface area contributed by atoms with Gasteiger partial charge >= 0.3 is 6.09 Å². The summed E-state index contributed by atoms with van der Waals surface area (Å²) in [6, 6.07) is 8.98. The van der Waals surface area contributed by atoms with E-state index in [9.17, 15) is 13.2 Å². The summed E-state index contributed by atoms with van der Waals surface area (Å²) in [6.45, 7) is 18.8. The van der Waals surface area contributed by atoms with Gasteiger partial charge in [0.25, 0.3) is 10.1 Å². The summed E-state index contributed by atoms with van der Waals surface area (Å²) in [7, 11) is -5.72. The molecule has 3 atom stereocenters. The minimum atomic E-state index is -3.77. The van der Waals surface area contributed by atoms with Crippen LogP contribution in [0, 0.1) is 5.92 Å². The van der Waals surface area contributed by atoms with Crippen LogP contribution in [0.4, 0.5) is 4.79 Å². The fourth-order valence-corrected chi connectivity index (χ4v) is 4.93. The molecule has 7 nitrogen and oxygen atoms in total. The first-order chi connectivity index (χ1) is 15.3. The minimum Gasteiger partial charge on any atom is -0.444 e. The van der Waals surface area contributed by atoms with Gasteiger partial charge in [-0.25, -0.2) is 4.79 Å². The Bertz CT molecular complexity index is 875. The Morgan fingerprint density at radius 1 is 1.06 bits per heavy atom. The van der Waals surface area contributed by atoms with E-state index in [1.165, 1.54) is 0 Å². The zero-order valence-corrected chi connectivity index (χ0v) is 24.4. The van der Waals surface area contributed by atoms with Gasteiger partial charge in [-0.05, 0) is 63.2 Å². The van der Waals surface area contributed by atoms with E-state index in [0.29, 0.717) is 19.4 Å². The fraction of sp³-hybridized carbons (Fsp3) is 0.720. The Labute approximate surface area is 208 Å². The zero-order valence-electron chi connectivity index (χ0n) is 22.6. The molecule has 0 saturated carbocycles. The molecule has 1 rings (SSSR count). The van der Waals surface area contributed by atoms with Gasteiger partial charge in [0.1, 0.15) is 5.60 Å². The lowest BCUT2D eigenvalue weighted by Gasteiger charge is -2.37. The van der Waals surface area contributed by atoms with Crippen LogP contribution in [0.5, 0.6) is 0 Å². The molecular weight excluding hydrogens is 470 g/mol. The van der Waals surface area contributed by atoms with E-state index in [1.54, 1.807) is 20.8 Å². The number of amides is 1. The molecule has 0 aliphatic heterocycles. The maximum absolute atomic E-state index is 12.6. The molecule has 1 aromatic carbocycles. The Hall–Kier alpha value is -1.42. The molecule has 0 aliphatic carbocycles. The van der Waals surface area contributed by atoms with Crippen molar-refractivity contribution in [2.24, 2.45) is 5.92 Å². The van der Waals surface area contributed by atoms with Crippen LogP contribution in [-0.2, 0) is 29.9 Å². The number of hydrogen-bond donors (Lipinski definition) is 1. The first-order valence-corrected chi connectivity index (χ1v) is 16.6. The SMILES string of the molecule is C[C@@H](CO[Si](C)(C)C(C)(C)C)C[C@H](OS(C)(=O)=O)[C@H](Cc1ccccc1)NC(=O)OC(C)(C)C. The second-order valence-corrected chi connectivity index (χ2v) is 18.1. The smallest absolute Gasteiger partial charge is 0.407 e. The van der Waals surface area contributed by atoms with Crippen molar-refractivity contribution in [1.29, 1.82) is 0 Å². The molecule has 34 heavy (non-hydrogen) atoms. The van der Waals surface area contributed by atoms with Crippen LogP contribution in [0.2, 0.25) is 18.1 Å². The summed E-state index contributed by atoms with van der Waals surface area (Å²) in [4.78, 5) is 12.6. The van der Waals surface area contributed by atoms with Gasteiger partial charge in [0.05, 0.1) is 18.4 Å². The fourth-order valence-electron chi connectivity index (χ4n) is 3.13. The predicted octanol–water partition coefficient (Wildman–Crippen LogP) is 5.52. The van der Waals surface area contributed by atoms with Crippen LogP contribution in [0.1, 0.15) is 60.5 Å². The van der Waals surface area contributed by atoms with Gasteiger partial charge in [0.2, 0.25) is 0 Å². The standard InChI is InChI=1S/C25H45NO6SSi/c1-19(18-30-34(9,10)25(5,6)7)16-22(32-33(8,28)29)21(17-20-14-12-11-13-15-20)26-23(27)31-24(2,3)4/h11-15,19,21-22H,16-18H2,1-10H3,(H,26,27)/t19-,21+,22+/m1/s1. The highest BCUT2D eigenvalue weighted by molar-refractivity contribution is 7.86. The molecule has 0 fully saturated rings. The molecule has 0 spiro atoms. The van der Waals surface area contributed by atoms with Crippen LogP contribution >= 0.6 is 0 Å². The molecule has 0 heterocycles. The van der Waals surface area contributed by atoms with Crippen molar-refractivity contribution in [1.82, 2.24) is 5.32 Å². The van der Waals surface area contributed by atoms with Gasteiger partial charge < -0.3 is 14.5 Å². The van der Waals surface area contributed by atoms with Crippen molar-refractivity contribution in [2.75, 3.05) is 12.9 Å². The molecule has 1 amide bonds. The normalized spacial score (nSPS) is 15.9. The van der Waals surface area contributed by atoms with Crippen LogP contribution in [0.15, 0.2) is 30.3 Å². The Kier molecular flexibility index (Phi) is 10.8. The monoisotopic (exact) mass is 515 g/mol. The first-order valence-electron chi connectivity index (χ1n) is 11.8. The van der Waals surface area contributed by atoms with Gasteiger partial charge in [0.15, 0.2) is 8.32 Å². The van der Waals surface area contributed by atoms with E-state index in [0.717, 1.165) is 11.8 Å². The number of hydrogen-bond acceptors (Lipinski definition) is 6. The highest BCUT2D eigenvalue weighted by atomic mass is 32.2. The predicted molar refractivity (Wildman–Crippen MR) is 140 cm³/mol. The number of carbonyl (C=O) groups is 1. The lowest BCUT2D eigenvalue weighted by Crippen LogP contribution is -2.49. The summed E-state index contributed by atoms with van der Waals surface area (Å²) in [5, 5.41) is 2.94. The maximum Gasteiger partial charge on any atom is 0.407 e. The quantitative estimate of drug-likeness (QED) is 0.308. The van der Waals surface area contributed by atoms with Gasteiger partial charge in [-0.1, -0.05) is 58.0 Å². The van der Waals surface area contributed by atoms with E-state index in [4.69, 9.17) is 13.3 Å². The largest absolute Gasteiger partial charge is 0.444 e. The van der Waals surface area contributed by atoms with Gasteiger partial charge in [-0.2, -0.15) is 8.42 Å². The second-order valence-electron chi connectivity index (χ2n) is 11.7. The number of carbonyl (C=O) groups excluding carboxylic acids is 1. The number of alkyl carbamates (subject to hydrolysis) is 1. The van der Waals surface area contributed by atoms with Crippen molar-refractivity contribution >= 4 is 24.5 Å². The van der Waals surface area contributed by atoms with E-state index in [2.05, 4.69) is 39.2 Å². The molecule has 0 bridgehead atoms. The number of benzene rings is 1. The van der Waals surface area contributed by atoms with Crippen LogP contribution in [0.3, 0.4) is 0 Å². The van der Waals surface area contributed by atoms with Crippen molar-refractivity contribution in [2.45, 2.75) is 97.2 Å². The summed E-state index contributed by atoms with van der Waals surface area (Å²) in [5.74, 6) is 0.0135. The molecule has 196 valence electrons. The molecule has 0 saturated heterocycles. The number of rotatable bonds is 11. The topological polar surface area (TPSA) is 90.9 Å². The van der Waals surface area contributed by atoms with Crippen LogP contribution in [0.25, 0.3) is 0 Å². The van der Waals surface area contributed by atoms with Crippen molar-refractivity contribution in [3.63, 3.8) is 0 Å². The molecular formula is C25H45NO6SSi. The maximum atomic E-state index is 12.6. The summed E-state index contributed by atoms with van der Waals surface area (Å²) in [6.07, 6.45) is 0.441. The average molecular weight is 516 g/mol. The molecule has 1 aromatic rings. The Morgan fingerprint density at radius 2 is 1.62 bits per heavy atom. The third-order valence-electron chi connectivity index (χ3n) is 5.92. The minimum absolute atomic E-state index is 0.0135. The van der Waals surface area contributed by atoms with E-state index in [1.807, 2.05) is 37.3 Å². The third-order valence-corrected chi connectivity index (χ3v) is 11.0. The van der Waals surface area contributed by atoms with E-state index in [-0.39, 0.29) is 11.0 Å². The van der Waals surface area contributed by atoms with Crippen LogP contribution < -0.4 is 5.32 Å². The van der Waals surface area contributed by atoms with E-state index < -0.39 is 42.3 Å². The van der Waals surface area contributed by atoms with Crippen molar-refractivity contribution in [3.8, 4) is 0 Å². The Balaban J connectivity index is 3.13. The van der Waals surface area contributed by atoms with Gasteiger partial charge in [-0.3, -0.25) is 4.18 Å². The highest BCUT2D eigenvalue weighted by Gasteiger charge is 2.38. The number of nitrogens with one attached hydrogen (secondary N) is 1.